The predicted molar refractivity (Wildman–Crippen MR) is 138 cm³/mol. The molecular formula is C28H27N7O3. The first kappa shape index (κ1) is 23.9. The third kappa shape index (κ3) is 3.91. The number of rotatable bonds is 6. The maximum Gasteiger partial charge on any atom is 0.302 e. The number of amides is 3. The Morgan fingerprint density at radius 1 is 1.18 bits per heavy atom. The fourth-order valence-electron chi connectivity index (χ4n) is 5.59. The average molecular weight is 510 g/mol. The van der Waals surface area contributed by atoms with Gasteiger partial charge < -0.3 is 10.2 Å². The van der Waals surface area contributed by atoms with Crippen molar-refractivity contribution in [2.24, 2.45) is 0 Å². The van der Waals surface area contributed by atoms with E-state index in [9.17, 15) is 14.4 Å². The van der Waals surface area contributed by atoms with Crippen LogP contribution in [0, 0.1) is 6.57 Å². The van der Waals surface area contributed by atoms with E-state index in [1.54, 1.807) is 17.9 Å². The van der Waals surface area contributed by atoms with Gasteiger partial charge >= 0.3 is 6.17 Å². The van der Waals surface area contributed by atoms with Gasteiger partial charge in [0.15, 0.2) is 5.69 Å². The SMILES string of the molecule is [C-]#[N+][C@@H]1C[C@@]2(CN1C(=O)[C@H](Cc1ccccc1)N(C)C(=O)c1cn(C3CC3)nn1)C(=O)Nc1ccccc12. The van der Waals surface area contributed by atoms with Crippen LogP contribution in [0.3, 0.4) is 0 Å². The number of carbonyl (C=O) groups excluding carboxylic acids is 3. The van der Waals surface area contributed by atoms with Crippen LogP contribution in [0.15, 0.2) is 60.8 Å². The van der Waals surface area contributed by atoms with Crippen LogP contribution in [0.25, 0.3) is 4.85 Å². The van der Waals surface area contributed by atoms with Crippen molar-refractivity contribution in [3.63, 3.8) is 0 Å². The highest BCUT2D eigenvalue weighted by atomic mass is 16.2. The number of aromatic nitrogens is 3. The maximum atomic E-state index is 14.2. The Labute approximate surface area is 220 Å². The number of hydrogen-bond acceptors (Lipinski definition) is 5. The van der Waals surface area contributed by atoms with Crippen molar-refractivity contribution in [2.75, 3.05) is 18.9 Å². The summed E-state index contributed by atoms with van der Waals surface area (Å²) in [6.07, 6.45) is 3.29. The number of carbonyl (C=O) groups is 3. The summed E-state index contributed by atoms with van der Waals surface area (Å²) in [5.74, 6) is -0.985. The first-order chi connectivity index (χ1) is 18.4. The minimum absolute atomic E-state index is 0.0763. The monoisotopic (exact) mass is 509 g/mol. The zero-order chi connectivity index (χ0) is 26.4. The van der Waals surface area contributed by atoms with Gasteiger partial charge in [0.1, 0.15) is 11.5 Å². The summed E-state index contributed by atoms with van der Waals surface area (Å²) >= 11 is 0. The highest BCUT2D eigenvalue weighted by Gasteiger charge is 2.59. The summed E-state index contributed by atoms with van der Waals surface area (Å²) in [4.78, 5) is 47.5. The Hall–Kier alpha value is -4.52. The van der Waals surface area contributed by atoms with Crippen LogP contribution in [0.2, 0.25) is 0 Å². The fraction of sp³-hybridized carbons (Fsp3) is 0.357. The number of nitrogens with zero attached hydrogens (tertiary/aromatic N) is 6. The van der Waals surface area contributed by atoms with E-state index in [0.29, 0.717) is 5.69 Å². The average Bonchev–Trinajstić information content (AvgIpc) is 3.43. The molecule has 3 amide bonds. The molecule has 10 nitrogen and oxygen atoms in total. The summed E-state index contributed by atoms with van der Waals surface area (Å²) in [7, 11) is 1.58. The molecule has 1 saturated carbocycles. The number of likely N-dealkylation sites (tertiary alicyclic amines) is 1. The van der Waals surface area contributed by atoms with Crippen molar-refractivity contribution in [1.29, 1.82) is 0 Å². The summed E-state index contributed by atoms with van der Waals surface area (Å²) < 4.78 is 1.70. The van der Waals surface area contributed by atoms with Gasteiger partial charge in [-0.25, -0.2) is 11.3 Å². The second-order valence-electron chi connectivity index (χ2n) is 10.3. The van der Waals surface area contributed by atoms with Gasteiger partial charge in [0.2, 0.25) is 5.91 Å². The van der Waals surface area contributed by atoms with Crippen molar-refractivity contribution in [3.05, 3.63) is 89.0 Å². The lowest BCUT2D eigenvalue weighted by molar-refractivity contribution is -0.136. The molecule has 38 heavy (non-hydrogen) atoms. The Bertz CT molecular complexity index is 1460. The first-order valence-electron chi connectivity index (χ1n) is 12.7. The summed E-state index contributed by atoms with van der Waals surface area (Å²) in [6.45, 7) is 7.93. The fourth-order valence-corrected chi connectivity index (χ4v) is 5.59. The van der Waals surface area contributed by atoms with E-state index >= 15 is 0 Å². The number of benzene rings is 2. The smallest absolute Gasteiger partial charge is 0.302 e. The second-order valence-corrected chi connectivity index (χ2v) is 10.3. The molecule has 192 valence electrons. The molecule has 3 aliphatic rings. The van der Waals surface area contributed by atoms with E-state index in [2.05, 4.69) is 20.5 Å². The van der Waals surface area contributed by atoms with E-state index in [1.807, 2.05) is 54.6 Å². The lowest BCUT2D eigenvalue weighted by atomic mass is 9.80. The second kappa shape index (κ2) is 9.10. The lowest BCUT2D eigenvalue weighted by Gasteiger charge is -2.31. The molecular weight excluding hydrogens is 482 g/mol. The highest BCUT2D eigenvalue weighted by Crippen LogP contribution is 2.47. The molecule has 2 aromatic carbocycles. The minimum atomic E-state index is -0.992. The highest BCUT2D eigenvalue weighted by molar-refractivity contribution is 6.07. The topological polar surface area (TPSA) is 105 Å². The molecule has 0 radical (unpaired) electrons. The standard InChI is InChI=1S/C28H27N7O3/c1-29-24-15-28(20-10-6-7-11-21(20)30-27(28)38)17-34(24)26(37)23(14-18-8-4-3-5-9-18)33(2)25(36)22-16-35(32-31-22)19-12-13-19/h3-11,16,19,23-24H,12-15,17H2,2H3,(H,30,38)/t23-,24-,28-/m0/s1. The van der Waals surface area contributed by atoms with Gasteiger partial charge in [0, 0.05) is 25.7 Å². The van der Waals surface area contributed by atoms with E-state index in [4.69, 9.17) is 6.57 Å². The molecule has 2 fully saturated rings. The van der Waals surface area contributed by atoms with Crippen molar-refractivity contribution < 1.29 is 14.4 Å². The molecule has 6 rings (SSSR count). The minimum Gasteiger partial charge on any atom is -0.328 e. The van der Waals surface area contributed by atoms with Gasteiger partial charge in [-0.15, -0.1) is 5.10 Å². The molecule has 1 aliphatic carbocycles. The van der Waals surface area contributed by atoms with Crippen LogP contribution >= 0.6 is 0 Å². The third-order valence-corrected chi connectivity index (χ3v) is 7.88. The molecule has 0 unspecified atom stereocenters. The van der Waals surface area contributed by atoms with Crippen LogP contribution in [-0.2, 0) is 21.4 Å². The number of anilines is 1. The molecule has 2 aliphatic heterocycles. The van der Waals surface area contributed by atoms with Crippen molar-refractivity contribution in [3.8, 4) is 0 Å². The number of nitrogens with one attached hydrogen (secondary N) is 1. The summed E-state index contributed by atoms with van der Waals surface area (Å²) in [5.41, 5.74) is 1.57. The van der Waals surface area contributed by atoms with Crippen LogP contribution in [-0.4, -0.2) is 68.3 Å². The number of fused-ring (bicyclic) bond motifs is 2. The maximum absolute atomic E-state index is 14.2. The van der Waals surface area contributed by atoms with Crippen LogP contribution < -0.4 is 5.32 Å². The molecule has 10 heteroatoms. The van der Waals surface area contributed by atoms with Crippen molar-refractivity contribution >= 4 is 23.4 Å². The third-order valence-electron chi connectivity index (χ3n) is 7.88. The molecule has 3 aromatic rings. The largest absolute Gasteiger partial charge is 0.328 e. The number of hydrogen-bond donors (Lipinski definition) is 1. The first-order valence-corrected chi connectivity index (χ1v) is 12.7. The zero-order valence-corrected chi connectivity index (χ0v) is 20.9. The van der Waals surface area contributed by atoms with E-state index < -0.39 is 23.5 Å². The molecule has 0 bridgehead atoms. The predicted octanol–water partition coefficient (Wildman–Crippen LogP) is 2.66. The molecule has 3 atom stereocenters. The summed E-state index contributed by atoms with van der Waals surface area (Å²) in [5, 5.41) is 11.1. The Balaban J connectivity index is 1.32. The Kier molecular flexibility index (Phi) is 5.71. The molecule has 1 aromatic heterocycles. The lowest BCUT2D eigenvalue weighted by Crippen LogP contribution is -2.52. The van der Waals surface area contributed by atoms with E-state index in [0.717, 1.165) is 24.0 Å². The van der Waals surface area contributed by atoms with Gasteiger partial charge in [0.25, 0.3) is 11.8 Å². The van der Waals surface area contributed by atoms with Crippen molar-refractivity contribution in [1.82, 2.24) is 24.8 Å². The van der Waals surface area contributed by atoms with Gasteiger partial charge in [0.05, 0.1) is 18.7 Å². The summed E-state index contributed by atoms with van der Waals surface area (Å²) in [6, 6.07) is 16.3. The van der Waals surface area contributed by atoms with Crippen LogP contribution in [0.1, 0.15) is 46.9 Å². The quantitative estimate of drug-likeness (QED) is 0.515. The Morgan fingerprint density at radius 3 is 2.66 bits per heavy atom. The van der Waals surface area contributed by atoms with Crippen molar-refractivity contribution in [2.45, 2.75) is 49.3 Å². The number of para-hydroxylation sites is 1. The van der Waals surface area contributed by atoms with E-state index in [-0.39, 0.29) is 42.9 Å². The van der Waals surface area contributed by atoms with Gasteiger partial charge in [-0.3, -0.25) is 24.1 Å². The van der Waals surface area contributed by atoms with E-state index in [1.165, 1.54) is 9.80 Å². The van der Waals surface area contributed by atoms with Crippen LogP contribution in [0.5, 0.6) is 0 Å². The molecule has 3 heterocycles. The Morgan fingerprint density at radius 2 is 1.92 bits per heavy atom. The number of likely N-dealkylation sites (N-methyl/N-ethyl adjacent to an activating group) is 1. The zero-order valence-electron chi connectivity index (χ0n) is 20.9. The van der Waals surface area contributed by atoms with Gasteiger partial charge in [-0.1, -0.05) is 53.7 Å². The van der Waals surface area contributed by atoms with Crippen LogP contribution in [0.4, 0.5) is 5.69 Å². The van der Waals surface area contributed by atoms with Gasteiger partial charge in [-0.2, -0.15) is 0 Å². The normalized spacial score (nSPS) is 22.6. The molecule has 1 saturated heterocycles. The van der Waals surface area contributed by atoms with Gasteiger partial charge in [-0.05, 0) is 30.0 Å². The molecule has 1 N–H and O–H groups in total. The molecule has 1 spiro atoms.